The van der Waals surface area contributed by atoms with E-state index in [1.807, 2.05) is 31.0 Å². The summed E-state index contributed by atoms with van der Waals surface area (Å²) in [5.74, 6) is 2.88. The number of aromatic nitrogens is 7. The van der Waals surface area contributed by atoms with Crippen molar-refractivity contribution in [3.05, 3.63) is 35.9 Å². The van der Waals surface area contributed by atoms with Crippen LogP contribution in [0.1, 0.15) is 30.7 Å². The SMILES string of the molecule is CCn1cc(-c2nnc3n2CC2(CCN(Cc4nccn4C)C2)OC3)c(C)n1. The zero-order valence-corrected chi connectivity index (χ0v) is 16.7. The number of hydrogen-bond acceptors (Lipinski definition) is 6. The van der Waals surface area contributed by atoms with E-state index in [2.05, 4.69) is 47.4 Å². The maximum atomic E-state index is 6.33. The molecule has 1 saturated heterocycles. The summed E-state index contributed by atoms with van der Waals surface area (Å²) in [7, 11) is 2.04. The van der Waals surface area contributed by atoms with Gasteiger partial charge in [-0.05, 0) is 20.3 Å². The van der Waals surface area contributed by atoms with Crippen LogP contribution in [-0.2, 0) is 38.0 Å². The van der Waals surface area contributed by atoms with E-state index in [1.165, 1.54) is 0 Å². The topological polar surface area (TPSA) is 78.8 Å². The van der Waals surface area contributed by atoms with Gasteiger partial charge < -0.3 is 13.9 Å². The van der Waals surface area contributed by atoms with Gasteiger partial charge in [-0.15, -0.1) is 10.2 Å². The number of nitrogens with zero attached hydrogens (tertiary/aromatic N) is 8. The fraction of sp³-hybridized carbons (Fsp3) is 0.579. The van der Waals surface area contributed by atoms with E-state index in [1.54, 1.807) is 0 Å². The molecule has 2 aliphatic heterocycles. The molecule has 0 saturated carbocycles. The lowest BCUT2D eigenvalue weighted by Gasteiger charge is -2.34. The highest BCUT2D eigenvalue weighted by atomic mass is 16.5. The van der Waals surface area contributed by atoms with Crippen molar-refractivity contribution in [3.63, 3.8) is 0 Å². The average Bonchev–Trinajstić information content (AvgIpc) is 3.45. The second-order valence-corrected chi connectivity index (χ2v) is 7.90. The van der Waals surface area contributed by atoms with Crippen LogP contribution >= 0.6 is 0 Å². The molecule has 5 rings (SSSR count). The van der Waals surface area contributed by atoms with Crippen molar-refractivity contribution in [2.24, 2.45) is 7.05 Å². The summed E-state index contributed by atoms with van der Waals surface area (Å²) in [6, 6.07) is 0. The summed E-state index contributed by atoms with van der Waals surface area (Å²) in [6.45, 7) is 8.99. The Bertz CT molecular complexity index is 1000. The Morgan fingerprint density at radius 1 is 1.25 bits per heavy atom. The molecule has 1 fully saturated rings. The van der Waals surface area contributed by atoms with E-state index in [0.29, 0.717) is 6.61 Å². The van der Waals surface area contributed by atoms with Gasteiger partial charge in [0.2, 0.25) is 0 Å². The van der Waals surface area contributed by atoms with Crippen molar-refractivity contribution in [1.82, 2.24) is 39.0 Å². The second-order valence-electron chi connectivity index (χ2n) is 7.90. The number of likely N-dealkylation sites (tertiary alicyclic amines) is 1. The Balaban J connectivity index is 1.39. The largest absolute Gasteiger partial charge is 0.364 e. The molecule has 148 valence electrons. The monoisotopic (exact) mass is 382 g/mol. The molecule has 3 aromatic heterocycles. The van der Waals surface area contributed by atoms with Crippen LogP contribution in [0.5, 0.6) is 0 Å². The molecule has 0 aliphatic carbocycles. The number of hydrogen-bond donors (Lipinski definition) is 0. The van der Waals surface area contributed by atoms with Gasteiger partial charge in [0.15, 0.2) is 11.6 Å². The van der Waals surface area contributed by atoms with E-state index >= 15 is 0 Å². The summed E-state index contributed by atoms with van der Waals surface area (Å²) in [4.78, 5) is 6.89. The Morgan fingerprint density at radius 3 is 2.89 bits per heavy atom. The molecule has 0 amide bonds. The quantitative estimate of drug-likeness (QED) is 0.678. The van der Waals surface area contributed by atoms with Gasteiger partial charge in [-0.2, -0.15) is 5.10 Å². The molecule has 9 heteroatoms. The minimum Gasteiger partial charge on any atom is -0.364 e. The first-order valence-electron chi connectivity index (χ1n) is 9.86. The van der Waals surface area contributed by atoms with Gasteiger partial charge in [0.05, 0.1) is 24.3 Å². The van der Waals surface area contributed by atoms with Crippen molar-refractivity contribution in [1.29, 1.82) is 0 Å². The van der Waals surface area contributed by atoms with Crippen LogP contribution in [-0.4, -0.2) is 57.7 Å². The maximum absolute atomic E-state index is 6.33. The third-order valence-corrected chi connectivity index (χ3v) is 5.97. The first-order valence-corrected chi connectivity index (χ1v) is 9.86. The first kappa shape index (κ1) is 17.6. The highest BCUT2D eigenvalue weighted by Crippen LogP contribution is 2.35. The average molecular weight is 382 g/mol. The van der Waals surface area contributed by atoms with Gasteiger partial charge in [-0.3, -0.25) is 9.58 Å². The van der Waals surface area contributed by atoms with Gasteiger partial charge in [0, 0.05) is 45.3 Å². The molecule has 0 radical (unpaired) electrons. The molecule has 0 aromatic carbocycles. The summed E-state index contributed by atoms with van der Waals surface area (Å²) >= 11 is 0. The van der Waals surface area contributed by atoms with Crippen LogP contribution in [0.2, 0.25) is 0 Å². The first-order chi connectivity index (χ1) is 13.6. The van der Waals surface area contributed by atoms with Crippen LogP contribution in [0.25, 0.3) is 11.4 Å². The normalized spacial score (nSPS) is 22.2. The summed E-state index contributed by atoms with van der Waals surface area (Å²) in [6.07, 6.45) is 6.91. The standard InChI is InChI=1S/C19H26N8O/c1-4-26-9-15(14(2)23-26)18-22-21-17-11-28-19(13-27(17)18)5-7-25(12-19)10-16-20-6-8-24(16)3/h6,8-9H,4-5,7,10-13H2,1-3H3. The molecule has 0 bridgehead atoms. The molecule has 3 aromatic rings. The van der Waals surface area contributed by atoms with Crippen LogP contribution < -0.4 is 0 Å². The molecule has 2 aliphatic rings. The number of fused-ring (bicyclic) bond motifs is 1. The number of imidazole rings is 1. The van der Waals surface area contributed by atoms with Gasteiger partial charge in [-0.25, -0.2) is 4.98 Å². The maximum Gasteiger partial charge on any atom is 0.167 e. The fourth-order valence-corrected chi connectivity index (χ4v) is 4.32. The van der Waals surface area contributed by atoms with Crippen LogP contribution in [0.3, 0.4) is 0 Å². The lowest BCUT2D eigenvalue weighted by molar-refractivity contribution is -0.0822. The third kappa shape index (κ3) is 2.85. The molecule has 1 atom stereocenters. The zero-order valence-electron chi connectivity index (χ0n) is 16.7. The van der Waals surface area contributed by atoms with E-state index in [0.717, 1.165) is 67.9 Å². The van der Waals surface area contributed by atoms with Crippen LogP contribution in [0.4, 0.5) is 0 Å². The predicted molar refractivity (Wildman–Crippen MR) is 102 cm³/mol. The molecular formula is C19H26N8O. The number of aryl methyl sites for hydroxylation is 3. The lowest BCUT2D eigenvalue weighted by Crippen LogP contribution is -2.44. The van der Waals surface area contributed by atoms with E-state index in [-0.39, 0.29) is 5.60 Å². The Labute approximate surface area is 163 Å². The van der Waals surface area contributed by atoms with Crippen molar-refractivity contribution in [2.45, 2.75) is 52.1 Å². The van der Waals surface area contributed by atoms with Crippen molar-refractivity contribution < 1.29 is 4.74 Å². The van der Waals surface area contributed by atoms with Gasteiger partial charge in [0.25, 0.3) is 0 Å². The van der Waals surface area contributed by atoms with Crippen molar-refractivity contribution >= 4 is 0 Å². The Hall–Kier alpha value is -2.52. The molecular weight excluding hydrogens is 356 g/mol. The van der Waals surface area contributed by atoms with E-state index in [4.69, 9.17) is 4.74 Å². The van der Waals surface area contributed by atoms with Crippen molar-refractivity contribution in [3.8, 4) is 11.4 Å². The predicted octanol–water partition coefficient (Wildman–Crippen LogP) is 1.38. The lowest BCUT2D eigenvalue weighted by atomic mass is 10.0. The van der Waals surface area contributed by atoms with E-state index < -0.39 is 0 Å². The smallest absolute Gasteiger partial charge is 0.167 e. The second kappa shape index (κ2) is 6.52. The zero-order chi connectivity index (χ0) is 19.3. The van der Waals surface area contributed by atoms with Gasteiger partial charge in [-0.1, -0.05) is 0 Å². The minimum atomic E-state index is -0.191. The molecule has 9 nitrogen and oxygen atoms in total. The highest BCUT2D eigenvalue weighted by molar-refractivity contribution is 5.57. The Kier molecular flexibility index (Phi) is 4.09. The number of rotatable bonds is 4. The summed E-state index contributed by atoms with van der Waals surface area (Å²) in [5, 5.41) is 13.4. The minimum absolute atomic E-state index is 0.191. The molecule has 0 N–H and O–H groups in total. The fourth-order valence-electron chi connectivity index (χ4n) is 4.32. The van der Waals surface area contributed by atoms with Crippen LogP contribution in [0, 0.1) is 6.92 Å². The molecule has 28 heavy (non-hydrogen) atoms. The van der Waals surface area contributed by atoms with Gasteiger partial charge in [0.1, 0.15) is 18.0 Å². The van der Waals surface area contributed by atoms with E-state index in [9.17, 15) is 0 Å². The molecule has 1 spiro atoms. The van der Waals surface area contributed by atoms with Crippen molar-refractivity contribution in [2.75, 3.05) is 13.1 Å². The Morgan fingerprint density at radius 2 is 2.14 bits per heavy atom. The summed E-state index contributed by atoms with van der Waals surface area (Å²) in [5.41, 5.74) is 1.85. The third-order valence-electron chi connectivity index (χ3n) is 5.97. The van der Waals surface area contributed by atoms with Crippen LogP contribution in [0.15, 0.2) is 18.6 Å². The number of ether oxygens (including phenoxy) is 1. The molecule has 1 unspecified atom stereocenters. The summed E-state index contributed by atoms with van der Waals surface area (Å²) < 4.78 is 12.6. The molecule has 5 heterocycles. The van der Waals surface area contributed by atoms with Gasteiger partial charge >= 0.3 is 0 Å². The highest BCUT2D eigenvalue weighted by Gasteiger charge is 2.43.